The van der Waals surface area contributed by atoms with Crippen LogP contribution in [0.2, 0.25) is 0 Å². The van der Waals surface area contributed by atoms with Crippen LogP contribution < -0.4 is 4.74 Å². The third kappa shape index (κ3) is 3.14. The fraction of sp³-hybridized carbons (Fsp3) is 0.412. The first-order chi connectivity index (χ1) is 10.7. The van der Waals surface area contributed by atoms with Crippen LogP contribution in [-0.4, -0.2) is 35.5 Å². The summed E-state index contributed by atoms with van der Waals surface area (Å²) in [5, 5.41) is 2.89. The van der Waals surface area contributed by atoms with Gasteiger partial charge in [-0.15, -0.1) is 11.3 Å². The lowest BCUT2D eigenvalue weighted by atomic mass is 10.1. The van der Waals surface area contributed by atoms with Gasteiger partial charge in [0.25, 0.3) is 5.91 Å². The number of thiazole rings is 1. The highest BCUT2D eigenvalue weighted by atomic mass is 32.1. The van der Waals surface area contributed by atoms with Gasteiger partial charge in [0.15, 0.2) is 0 Å². The van der Waals surface area contributed by atoms with Crippen molar-refractivity contribution >= 4 is 17.2 Å². The standard InChI is InChI=1S/C17H20N2O2S/c1-3-6-16-18-14(11-22-16)17(20)19(2)10-13-9-12-7-4-5-8-15(12)21-13/h4-5,7-8,11,13H,3,6,9-10H2,1-2H3. The molecule has 22 heavy (non-hydrogen) atoms. The Kier molecular flexibility index (Phi) is 4.43. The zero-order valence-electron chi connectivity index (χ0n) is 12.9. The van der Waals surface area contributed by atoms with Crippen molar-refractivity contribution in [1.82, 2.24) is 9.88 Å². The third-order valence-corrected chi connectivity index (χ3v) is 4.68. The molecule has 1 amide bonds. The van der Waals surface area contributed by atoms with Crippen LogP contribution in [-0.2, 0) is 12.8 Å². The number of hydrogen-bond acceptors (Lipinski definition) is 4. The molecule has 0 N–H and O–H groups in total. The van der Waals surface area contributed by atoms with E-state index in [1.807, 2.05) is 30.6 Å². The van der Waals surface area contributed by atoms with Gasteiger partial charge < -0.3 is 9.64 Å². The van der Waals surface area contributed by atoms with Crippen LogP contribution in [0, 0.1) is 0 Å². The Morgan fingerprint density at radius 3 is 3.05 bits per heavy atom. The van der Waals surface area contributed by atoms with E-state index in [-0.39, 0.29) is 12.0 Å². The number of rotatable bonds is 5. The summed E-state index contributed by atoms with van der Waals surface area (Å²) < 4.78 is 5.90. The summed E-state index contributed by atoms with van der Waals surface area (Å²) in [6.45, 7) is 2.69. The highest BCUT2D eigenvalue weighted by molar-refractivity contribution is 7.09. The maximum absolute atomic E-state index is 12.4. The van der Waals surface area contributed by atoms with Crippen LogP contribution in [0.1, 0.15) is 34.4 Å². The Bertz CT molecular complexity index is 643. The molecular weight excluding hydrogens is 296 g/mol. The van der Waals surface area contributed by atoms with Gasteiger partial charge in [0, 0.05) is 18.8 Å². The van der Waals surface area contributed by atoms with Gasteiger partial charge in [-0.05, 0) is 24.5 Å². The monoisotopic (exact) mass is 316 g/mol. The number of aryl methyl sites for hydroxylation is 1. The second-order valence-electron chi connectivity index (χ2n) is 5.61. The molecule has 2 aromatic rings. The van der Waals surface area contributed by atoms with Crippen molar-refractivity contribution in [3.8, 4) is 5.75 Å². The van der Waals surface area contributed by atoms with Crippen LogP contribution >= 0.6 is 11.3 Å². The minimum atomic E-state index is -0.0295. The first-order valence-electron chi connectivity index (χ1n) is 7.61. The van der Waals surface area contributed by atoms with Gasteiger partial charge in [-0.3, -0.25) is 4.79 Å². The van der Waals surface area contributed by atoms with Crippen molar-refractivity contribution < 1.29 is 9.53 Å². The van der Waals surface area contributed by atoms with E-state index in [0.717, 1.165) is 30.0 Å². The van der Waals surface area contributed by atoms with Crippen LogP contribution in [0.25, 0.3) is 0 Å². The Hall–Kier alpha value is -1.88. The molecule has 1 atom stereocenters. The summed E-state index contributed by atoms with van der Waals surface area (Å²) in [6, 6.07) is 8.05. The second-order valence-corrected chi connectivity index (χ2v) is 6.56. The van der Waals surface area contributed by atoms with E-state index in [1.165, 1.54) is 5.56 Å². The largest absolute Gasteiger partial charge is 0.488 e. The van der Waals surface area contributed by atoms with Gasteiger partial charge in [0.05, 0.1) is 11.6 Å². The third-order valence-electron chi connectivity index (χ3n) is 3.77. The molecule has 0 spiro atoms. The summed E-state index contributed by atoms with van der Waals surface area (Å²) in [5.74, 6) is 0.908. The number of benzene rings is 1. The van der Waals surface area contributed by atoms with Gasteiger partial charge >= 0.3 is 0 Å². The van der Waals surface area contributed by atoms with Crippen LogP contribution in [0.4, 0.5) is 0 Å². The lowest BCUT2D eigenvalue weighted by Crippen LogP contribution is -2.36. The quantitative estimate of drug-likeness (QED) is 0.851. The molecule has 0 bridgehead atoms. The lowest BCUT2D eigenvalue weighted by Gasteiger charge is -2.20. The Labute approximate surface area is 134 Å². The van der Waals surface area contributed by atoms with E-state index in [9.17, 15) is 4.79 Å². The topological polar surface area (TPSA) is 42.4 Å². The van der Waals surface area contributed by atoms with E-state index < -0.39 is 0 Å². The zero-order valence-corrected chi connectivity index (χ0v) is 13.7. The first kappa shape index (κ1) is 15.0. The van der Waals surface area contributed by atoms with Gasteiger partial charge in [0.2, 0.25) is 0 Å². The van der Waals surface area contributed by atoms with Crippen molar-refractivity contribution in [3.63, 3.8) is 0 Å². The molecule has 1 aromatic carbocycles. The molecule has 0 fully saturated rings. The number of fused-ring (bicyclic) bond motifs is 1. The molecule has 116 valence electrons. The molecule has 0 saturated carbocycles. The number of hydrogen-bond donors (Lipinski definition) is 0. The minimum absolute atomic E-state index is 0.0279. The molecular formula is C17H20N2O2S. The van der Waals surface area contributed by atoms with E-state index in [0.29, 0.717) is 12.2 Å². The fourth-order valence-electron chi connectivity index (χ4n) is 2.68. The highest BCUT2D eigenvalue weighted by Crippen LogP contribution is 2.28. The normalized spacial score (nSPS) is 16.2. The SMILES string of the molecule is CCCc1nc(C(=O)N(C)CC2Cc3ccccc3O2)cs1. The van der Waals surface area contributed by atoms with E-state index in [4.69, 9.17) is 4.74 Å². The van der Waals surface area contributed by atoms with Crippen LogP contribution in [0.3, 0.4) is 0 Å². The van der Waals surface area contributed by atoms with Crippen molar-refractivity contribution in [2.24, 2.45) is 0 Å². The predicted octanol–water partition coefficient (Wildman–Crippen LogP) is 3.17. The Balaban J connectivity index is 1.60. The van der Waals surface area contributed by atoms with E-state index in [2.05, 4.69) is 18.0 Å². The number of aromatic nitrogens is 1. The highest BCUT2D eigenvalue weighted by Gasteiger charge is 2.26. The number of carbonyl (C=O) groups excluding carboxylic acids is 1. The van der Waals surface area contributed by atoms with Crippen LogP contribution in [0.5, 0.6) is 5.75 Å². The summed E-state index contributed by atoms with van der Waals surface area (Å²) in [7, 11) is 1.81. The van der Waals surface area contributed by atoms with Crippen molar-refractivity contribution in [1.29, 1.82) is 0 Å². The molecule has 2 heterocycles. The average molecular weight is 316 g/mol. The Morgan fingerprint density at radius 2 is 2.27 bits per heavy atom. The molecule has 1 aromatic heterocycles. The summed E-state index contributed by atoms with van der Waals surface area (Å²) >= 11 is 1.56. The second kappa shape index (κ2) is 6.48. The number of carbonyl (C=O) groups is 1. The fourth-order valence-corrected chi connectivity index (χ4v) is 3.55. The molecule has 3 rings (SSSR count). The molecule has 0 aliphatic carbocycles. The molecule has 4 nitrogen and oxygen atoms in total. The van der Waals surface area contributed by atoms with Crippen molar-refractivity contribution in [2.45, 2.75) is 32.3 Å². The average Bonchev–Trinajstić information content (AvgIpc) is 3.12. The number of para-hydroxylation sites is 1. The lowest BCUT2D eigenvalue weighted by molar-refractivity contribution is 0.0725. The van der Waals surface area contributed by atoms with Crippen molar-refractivity contribution in [3.05, 3.63) is 45.9 Å². The number of nitrogens with zero attached hydrogens (tertiary/aromatic N) is 2. The maximum Gasteiger partial charge on any atom is 0.273 e. The van der Waals surface area contributed by atoms with E-state index in [1.54, 1.807) is 16.2 Å². The predicted molar refractivity (Wildman–Crippen MR) is 87.6 cm³/mol. The van der Waals surface area contributed by atoms with Gasteiger partial charge in [-0.1, -0.05) is 25.1 Å². The molecule has 0 saturated heterocycles. The van der Waals surface area contributed by atoms with Gasteiger partial charge in [-0.2, -0.15) is 0 Å². The number of ether oxygens (including phenoxy) is 1. The van der Waals surface area contributed by atoms with E-state index >= 15 is 0 Å². The molecule has 1 aliphatic heterocycles. The van der Waals surface area contributed by atoms with Crippen LogP contribution in [0.15, 0.2) is 29.6 Å². The summed E-state index contributed by atoms with van der Waals surface area (Å²) in [4.78, 5) is 18.6. The molecule has 5 heteroatoms. The molecule has 1 aliphatic rings. The maximum atomic E-state index is 12.4. The minimum Gasteiger partial charge on any atom is -0.488 e. The van der Waals surface area contributed by atoms with Crippen molar-refractivity contribution in [2.75, 3.05) is 13.6 Å². The summed E-state index contributed by atoms with van der Waals surface area (Å²) in [6.07, 6.45) is 2.86. The number of amides is 1. The zero-order chi connectivity index (χ0) is 15.5. The van der Waals surface area contributed by atoms with Gasteiger partial charge in [-0.25, -0.2) is 4.98 Å². The first-order valence-corrected chi connectivity index (χ1v) is 8.49. The molecule has 0 radical (unpaired) electrons. The molecule has 1 unspecified atom stereocenters. The Morgan fingerprint density at radius 1 is 1.45 bits per heavy atom. The van der Waals surface area contributed by atoms with Gasteiger partial charge in [0.1, 0.15) is 17.5 Å². The number of likely N-dealkylation sites (N-methyl/N-ethyl adjacent to an activating group) is 1. The smallest absolute Gasteiger partial charge is 0.273 e. The summed E-state index contributed by atoms with van der Waals surface area (Å²) in [5.41, 5.74) is 1.76.